The molecule has 0 fully saturated rings. The Balaban J connectivity index is 0. The van der Waals surface area contributed by atoms with Gasteiger partial charge in [-0.2, -0.15) is 5.26 Å². The molecule has 0 aromatic carbocycles. The van der Waals surface area contributed by atoms with Crippen molar-refractivity contribution in [2.24, 2.45) is 0 Å². The van der Waals surface area contributed by atoms with E-state index >= 15 is 0 Å². The Kier molecular flexibility index (Phi) is 14.4. The van der Waals surface area contributed by atoms with Gasteiger partial charge in [-0.3, -0.25) is 0 Å². The molecule has 0 saturated carbocycles. The van der Waals surface area contributed by atoms with Crippen LogP contribution >= 0.6 is 0 Å². The van der Waals surface area contributed by atoms with Gasteiger partial charge in [-0.1, -0.05) is 6.92 Å². The molecule has 64 valence electrons. The first-order chi connectivity index (χ1) is 5.26. The molecular weight excluding hydrogens is 145 g/mol. The van der Waals surface area contributed by atoms with Crippen molar-refractivity contribution in [3.8, 4) is 6.07 Å². The molecule has 0 amide bonds. The van der Waals surface area contributed by atoms with Crippen LogP contribution in [0.25, 0.3) is 0 Å². The summed E-state index contributed by atoms with van der Waals surface area (Å²) in [5, 5.41) is 7.62. The fourth-order valence-corrected chi connectivity index (χ4v) is 0.289. The summed E-state index contributed by atoms with van der Waals surface area (Å²) in [6.07, 6.45) is 0.625. The van der Waals surface area contributed by atoms with Crippen molar-refractivity contribution in [2.75, 3.05) is 21.3 Å². The van der Waals surface area contributed by atoms with E-state index in [2.05, 4.69) is 14.0 Å². The second-order valence-corrected chi connectivity index (χ2v) is 1.51. The van der Waals surface area contributed by atoms with Crippen LogP contribution in [0.5, 0.6) is 0 Å². The van der Waals surface area contributed by atoms with Crippen LogP contribution in [-0.2, 0) is 14.0 Å². The highest BCUT2D eigenvalue weighted by atomic mass is 16.7. The predicted molar refractivity (Wildman–Crippen MR) is 42.7 cm³/mol. The molecule has 0 aromatic rings. The molecule has 0 rings (SSSR count). The van der Waals surface area contributed by atoms with Crippen LogP contribution in [-0.4, -0.2) is 28.7 Å². The van der Waals surface area contributed by atoms with Gasteiger partial charge in [0.15, 0.2) is 0 Å². The molecule has 5 heteroatoms. The topological polar surface area (TPSA) is 51.5 Å². The Morgan fingerprint density at radius 3 is 1.45 bits per heavy atom. The van der Waals surface area contributed by atoms with E-state index in [1.165, 1.54) is 21.3 Å². The van der Waals surface area contributed by atoms with Crippen LogP contribution < -0.4 is 0 Å². The third-order valence-electron chi connectivity index (χ3n) is 0.735. The normalized spacial score (nSPS) is 7.55. The molecule has 0 aliphatic carbocycles. The first kappa shape index (κ1) is 13.1. The van der Waals surface area contributed by atoms with Crippen molar-refractivity contribution in [1.29, 1.82) is 5.26 Å². The number of nitriles is 1. The highest BCUT2D eigenvalue weighted by Gasteiger charge is 2.12. The zero-order valence-electron chi connectivity index (χ0n) is 7.46. The highest BCUT2D eigenvalue weighted by molar-refractivity contribution is 6.36. The Bertz CT molecular complexity index is 95.0. The Morgan fingerprint density at radius 2 is 1.45 bits per heavy atom. The fourth-order valence-electron chi connectivity index (χ4n) is 0.289. The number of nitrogens with zero attached hydrogens (tertiary/aromatic N) is 1. The molecule has 0 unspecified atom stereocenters. The van der Waals surface area contributed by atoms with E-state index in [1.807, 2.05) is 13.0 Å². The fraction of sp³-hybridized carbons (Fsp3) is 0.833. The maximum Gasteiger partial charge on any atom is 0.638 e. The van der Waals surface area contributed by atoms with Gasteiger partial charge in [0.2, 0.25) is 0 Å². The average molecular weight is 159 g/mol. The van der Waals surface area contributed by atoms with E-state index in [-0.39, 0.29) is 0 Å². The minimum atomic E-state index is -0.514. The zero-order chi connectivity index (χ0) is 9.11. The monoisotopic (exact) mass is 159 g/mol. The predicted octanol–water partition coefficient (Wildman–Crippen LogP) is 0.830. The minimum absolute atomic E-state index is 0.514. The minimum Gasteiger partial charge on any atom is -0.389 e. The van der Waals surface area contributed by atoms with Gasteiger partial charge in [-0.25, -0.2) is 0 Å². The summed E-state index contributed by atoms with van der Waals surface area (Å²) in [6, 6.07) is 1.93. The largest absolute Gasteiger partial charge is 0.638 e. The summed E-state index contributed by atoms with van der Waals surface area (Å²) >= 11 is 0. The van der Waals surface area contributed by atoms with Crippen molar-refractivity contribution in [1.82, 2.24) is 0 Å². The second kappa shape index (κ2) is 12.1. The summed E-state index contributed by atoms with van der Waals surface area (Å²) in [5.74, 6) is 0. The van der Waals surface area contributed by atoms with Gasteiger partial charge in [-0.15, -0.1) is 0 Å². The van der Waals surface area contributed by atoms with Crippen molar-refractivity contribution in [2.45, 2.75) is 13.3 Å². The standard InChI is InChI=1S/C3H9BO3.C3H5N/c1-5-4(6-2)7-3;1-2-3-4/h1-3H3;2H2,1H3. The van der Waals surface area contributed by atoms with Gasteiger partial charge in [-0.05, 0) is 0 Å². The third-order valence-corrected chi connectivity index (χ3v) is 0.735. The van der Waals surface area contributed by atoms with Gasteiger partial charge in [0, 0.05) is 27.8 Å². The summed E-state index contributed by atoms with van der Waals surface area (Å²) < 4.78 is 13.8. The molecule has 0 heterocycles. The quantitative estimate of drug-likeness (QED) is 0.572. The Morgan fingerprint density at radius 1 is 1.18 bits per heavy atom. The van der Waals surface area contributed by atoms with Crippen molar-refractivity contribution >= 4 is 7.32 Å². The number of hydrogen-bond donors (Lipinski definition) is 0. The first-order valence-corrected chi connectivity index (χ1v) is 3.22. The van der Waals surface area contributed by atoms with E-state index in [1.54, 1.807) is 0 Å². The van der Waals surface area contributed by atoms with Crippen LogP contribution in [0.15, 0.2) is 0 Å². The molecule has 0 N–H and O–H groups in total. The lowest BCUT2D eigenvalue weighted by Gasteiger charge is -2.01. The van der Waals surface area contributed by atoms with E-state index in [4.69, 9.17) is 5.26 Å². The van der Waals surface area contributed by atoms with Crippen molar-refractivity contribution < 1.29 is 14.0 Å². The molecule has 0 atom stereocenters. The Hall–Kier alpha value is -0.565. The molecule has 0 bridgehead atoms. The van der Waals surface area contributed by atoms with E-state index in [9.17, 15) is 0 Å². The van der Waals surface area contributed by atoms with Gasteiger partial charge >= 0.3 is 7.32 Å². The Labute approximate surface area is 68.2 Å². The summed E-state index contributed by atoms with van der Waals surface area (Å²) in [4.78, 5) is 0. The van der Waals surface area contributed by atoms with Crippen molar-refractivity contribution in [3.63, 3.8) is 0 Å². The number of hydrogen-bond acceptors (Lipinski definition) is 4. The van der Waals surface area contributed by atoms with Gasteiger partial charge in [0.25, 0.3) is 0 Å². The maximum absolute atomic E-state index is 7.62. The molecule has 0 aromatic heterocycles. The molecule has 0 spiro atoms. The van der Waals surface area contributed by atoms with Gasteiger partial charge < -0.3 is 14.0 Å². The van der Waals surface area contributed by atoms with E-state index in [0.29, 0.717) is 6.42 Å². The average Bonchev–Trinajstić information content (AvgIpc) is 2.08. The van der Waals surface area contributed by atoms with Crippen LogP contribution in [0.2, 0.25) is 0 Å². The maximum atomic E-state index is 7.62. The number of rotatable bonds is 3. The highest BCUT2D eigenvalue weighted by Crippen LogP contribution is 1.81. The lowest BCUT2D eigenvalue weighted by atomic mass is 10.2. The molecule has 0 aliphatic rings. The molecule has 11 heavy (non-hydrogen) atoms. The molecule has 0 aliphatic heterocycles. The van der Waals surface area contributed by atoms with E-state index < -0.39 is 7.32 Å². The van der Waals surface area contributed by atoms with Crippen LogP contribution in [0.1, 0.15) is 13.3 Å². The molecule has 0 saturated heterocycles. The molecular formula is C6H14BNO3. The van der Waals surface area contributed by atoms with Gasteiger partial charge in [0.05, 0.1) is 6.07 Å². The lowest BCUT2D eigenvalue weighted by molar-refractivity contribution is 0.163. The first-order valence-electron chi connectivity index (χ1n) is 3.22. The molecule has 4 nitrogen and oxygen atoms in total. The van der Waals surface area contributed by atoms with Crippen molar-refractivity contribution in [3.05, 3.63) is 0 Å². The summed E-state index contributed by atoms with van der Waals surface area (Å²) in [5.41, 5.74) is 0. The lowest BCUT2D eigenvalue weighted by Crippen LogP contribution is -2.21. The second-order valence-electron chi connectivity index (χ2n) is 1.51. The van der Waals surface area contributed by atoms with Crippen LogP contribution in [0.4, 0.5) is 0 Å². The van der Waals surface area contributed by atoms with Gasteiger partial charge in [0.1, 0.15) is 0 Å². The van der Waals surface area contributed by atoms with Crippen LogP contribution in [0, 0.1) is 11.3 Å². The smallest absolute Gasteiger partial charge is 0.389 e. The van der Waals surface area contributed by atoms with E-state index in [0.717, 1.165) is 0 Å². The molecule has 0 radical (unpaired) electrons. The SMILES string of the molecule is CCC#N.COB(OC)OC. The van der Waals surface area contributed by atoms with Crippen LogP contribution in [0.3, 0.4) is 0 Å². The zero-order valence-corrected chi connectivity index (χ0v) is 7.46. The third kappa shape index (κ3) is 12.6. The summed E-state index contributed by atoms with van der Waals surface area (Å²) in [6.45, 7) is 1.82. The summed E-state index contributed by atoms with van der Waals surface area (Å²) in [7, 11) is 4.02.